The van der Waals surface area contributed by atoms with E-state index in [1.54, 1.807) is 0 Å². The second-order valence-electron chi connectivity index (χ2n) is 4.18. The molecule has 0 saturated carbocycles. The van der Waals surface area contributed by atoms with Gasteiger partial charge in [0.2, 0.25) is 10.0 Å². The fourth-order valence-corrected chi connectivity index (χ4v) is 4.00. The molecule has 1 N–H and O–H groups in total. The molecule has 118 valence electrons. The molecule has 0 heterocycles. The lowest BCUT2D eigenvalue weighted by Gasteiger charge is -2.21. The lowest BCUT2D eigenvalue weighted by molar-refractivity contribution is 0.182. The third kappa shape index (κ3) is 4.42. The van der Waals surface area contributed by atoms with Gasteiger partial charge in [-0.3, -0.25) is 0 Å². The summed E-state index contributed by atoms with van der Waals surface area (Å²) in [5.74, 6) is 0. The Morgan fingerprint density at radius 3 is 2.62 bits per heavy atom. The monoisotopic (exact) mass is 353 g/mol. The van der Waals surface area contributed by atoms with Crippen LogP contribution in [0.3, 0.4) is 0 Å². The summed E-state index contributed by atoms with van der Waals surface area (Å²) in [6.07, 6.45) is 1.47. The average Bonchev–Trinajstić information content (AvgIpc) is 2.45. The van der Waals surface area contributed by atoms with Crippen molar-refractivity contribution in [2.24, 2.45) is 0 Å². The van der Waals surface area contributed by atoms with Crippen LogP contribution >= 0.6 is 23.2 Å². The predicted octanol–water partition coefficient (Wildman–Crippen LogP) is 2.31. The van der Waals surface area contributed by atoms with Gasteiger partial charge in [0.05, 0.1) is 18.2 Å². The van der Waals surface area contributed by atoms with E-state index in [0.717, 1.165) is 0 Å². The van der Waals surface area contributed by atoms with Crippen molar-refractivity contribution in [2.75, 3.05) is 26.8 Å². The molecule has 0 amide bonds. The molecule has 0 aliphatic rings. The maximum Gasteiger partial charge on any atom is 0.244 e. The molecule has 1 rings (SSSR count). The van der Waals surface area contributed by atoms with E-state index in [1.807, 2.05) is 0 Å². The van der Waals surface area contributed by atoms with Crippen molar-refractivity contribution in [1.29, 1.82) is 0 Å². The van der Waals surface area contributed by atoms with Crippen molar-refractivity contribution in [1.82, 2.24) is 4.31 Å². The number of halogens is 2. The van der Waals surface area contributed by atoms with E-state index < -0.39 is 16.6 Å². The fourth-order valence-electron chi connectivity index (χ4n) is 1.71. The van der Waals surface area contributed by atoms with Gasteiger partial charge in [-0.25, -0.2) is 8.42 Å². The highest BCUT2D eigenvalue weighted by molar-refractivity contribution is 7.89. The quantitative estimate of drug-likeness (QED) is 0.728. The van der Waals surface area contributed by atoms with Crippen LogP contribution < -0.4 is 0 Å². The Morgan fingerprint density at radius 2 is 2.10 bits per heavy atom. The fraction of sp³-hybridized carbons (Fsp3) is 0.385. The van der Waals surface area contributed by atoms with Gasteiger partial charge in [0, 0.05) is 25.2 Å². The van der Waals surface area contributed by atoms with Crippen LogP contribution in [0.25, 0.3) is 0 Å². The Hall–Kier alpha value is -0.630. The molecular formula is C13H17Cl2NO4S. The molecule has 8 heteroatoms. The molecule has 0 aliphatic heterocycles. The van der Waals surface area contributed by atoms with Gasteiger partial charge in [-0.2, -0.15) is 4.31 Å². The number of rotatable bonds is 8. The Kier molecular flexibility index (Phi) is 7.12. The van der Waals surface area contributed by atoms with Crippen LogP contribution in [0.1, 0.15) is 5.56 Å². The first-order valence-corrected chi connectivity index (χ1v) is 8.26. The maximum absolute atomic E-state index is 12.7. The summed E-state index contributed by atoms with van der Waals surface area (Å²) in [4.78, 5) is -0.140. The second-order valence-corrected chi connectivity index (χ2v) is 6.90. The number of aliphatic hydroxyl groups is 1. The Labute approximate surface area is 134 Å². The van der Waals surface area contributed by atoms with E-state index in [9.17, 15) is 13.5 Å². The van der Waals surface area contributed by atoms with Gasteiger partial charge >= 0.3 is 0 Å². The number of methoxy groups -OCH3 is 1. The highest BCUT2D eigenvalue weighted by Gasteiger charge is 2.27. The molecule has 0 saturated heterocycles. The minimum Gasteiger partial charge on any atom is -0.392 e. The average molecular weight is 354 g/mol. The van der Waals surface area contributed by atoms with E-state index >= 15 is 0 Å². The standard InChI is InChI=1S/C13H17Cl2NO4S/c1-3-4-16(5-6-20-2)21(18,19)12-8-11(14)7-10(9-17)13(12)15/h3,7-8,17H,1,4-6,9H2,2H3. The lowest BCUT2D eigenvalue weighted by atomic mass is 10.2. The van der Waals surface area contributed by atoms with Gasteiger partial charge in [0.25, 0.3) is 0 Å². The van der Waals surface area contributed by atoms with E-state index in [4.69, 9.17) is 27.9 Å². The zero-order chi connectivity index (χ0) is 16.0. The molecule has 21 heavy (non-hydrogen) atoms. The van der Waals surface area contributed by atoms with Gasteiger partial charge in [0.15, 0.2) is 0 Å². The Bertz CT molecular complexity index is 604. The zero-order valence-corrected chi connectivity index (χ0v) is 13.9. The van der Waals surface area contributed by atoms with Crippen LogP contribution in [0.15, 0.2) is 29.7 Å². The topological polar surface area (TPSA) is 66.8 Å². The number of ether oxygens (including phenoxy) is 1. The number of hydrogen-bond donors (Lipinski definition) is 1. The van der Waals surface area contributed by atoms with Gasteiger partial charge < -0.3 is 9.84 Å². The SMILES string of the molecule is C=CCN(CCOC)S(=O)(=O)c1cc(Cl)cc(CO)c1Cl. The Balaban J connectivity index is 3.33. The van der Waals surface area contributed by atoms with Crippen LogP contribution in [-0.4, -0.2) is 44.6 Å². The minimum absolute atomic E-state index is 0.0339. The van der Waals surface area contributed by atoms with Crippen LogP contribution in [0.5, 0.6) is 0 Å². The third-order valence-electron chi connectivity index (χ3n) is 2.75. The molecule has 5 nitrogen and oxygen atoms in total. The van der Waals surface area contributed by atoms with Crippen LogP contribution in [0, 0.1) is 0 Å². The normalized spacial score (nSPS) is 11.9. The molecule has 0 bridgehead atoms. The molecule has 0 fully saturated rings. The summed E-state index contributed by atoms with van der Waals surface area (Å²) < 4.78 is 31.4. The van der Waals surface area contributed by atoms with E-state index in [1.165, 1.54) is 29.6 Å². The molecule has 0 unspecified atom stereocenters. The molecule has 0 spiro atoms. The van der Waals surface area contributed by atoms with Crippen LogP contribution in [0.2, 0.25) is 10.0 Å². The van der Waals surface area contributed by atoms with Gasteiger partial charge in [0.1, 0.15) is 4.90 Å². The first-order valence-electron chi connectivity index (χ1n) is 6.07. The smallest absolute Gasteiger partial charge is 0.244 e. The first kappa shape index (κ1) is 18.4. The molecule has 0 atom stereocenters. The number of sulfonamides is 1. The molecule has 0 aromatic heterocycles. The molecule has 0 radical (unpaired) electrons. The summed E-state index contributed by atoms with van der Waals surface area (Å²) in [6.45, 7) is 3.65. The summed E-state index contributed by atoms with van der Waals surface area (Å²) in [6, 6.07) is 2.69. The third-order valence-corrected chi connectivity index (χ3v) is 5.41. The lowest BCUT2D eigenvalue weighted by Crippen LogP contribution is -2.34. The van der Waals surface area contributed by atoms with Crippen molar-refractivity contribution in [2.45, 2.75) is 11.5 Å². The van der Waals surface area contributed by atoms with E-state index in [-0.39, 0.29) is 40.2 Å². The first-order chi connectivity index (χ1) is 9.88. The van der Waals surface area contributed by atoms with Crippen molar-refractivity contribution in [3.8, 4) is 0 Å². The highest BCUT2D eigenvalue weighted by Crippen LogP contribution is 2.31. The maximum atomic E-state index is 12.7. The molecule has 1 aromatic carbocycles. The van der Waals surface area contributed by atoms with Crippen LogP contribution in [-0.2, 0) is 21.4 Å². The zero-order valence-electron chi connectivity index (χ0n) is 11.6. The summed E-state index contributed by atoms with van der Waals surface area (Å²) >= 11 is 12.0. The van der Waals surface area contributed by atoms with Crippen molar-refractivity contribution < 1.29 is 18.3 Å². The van der Waals surface area contributed by atoms with Crippen molar-refractivity contribution >= 4 is 33.2 Å². The van der Waals surface area contributed by atoms with E-state index in [2.05, 4.69) is 6.58 Å². The minimum atomic E-state index is -3.87. The molecular weight excluding hydrogens is 337 g/mol. The predicted molar refractivity (Wildman–Crippen MR) is 83.2 cm³/mol. The van der Waals surface area contributed by atoms with Gasteiger partial charge in [-0.15, -0.1) is 6.58 Å². The number of aliphatic hydroxyl groups excluding tert-OH is 1. The Morgan fingerprint density at radius 1 is 1.43 bits per heavy atom. The van der Waals surface area contributed by atoms with Crippen molar-refractivity contribution in [3.05, 3.63) is 40.4 Å². The second kappa shape index (κ2) is 8.12. The summed E-state index contributed by atoms with van der Waals surface area (Å²) in [7, 11) is -2.39. The number of nitrogens with zero attached hydrogens (tertiary/aromatic N) is 1. The largest absolute Gasteiger partial charge is 0.392 e. The summed E-state index contributed by atoms with van der Waals surface area (Å²) in [5, 5.41) is 9.38. The number of benzene rings is 1. The van der Waals surface area contributed by atoms with Gasteiger partial charge in [-0.1, -0.05) is 29.3 Å². The van der Waals surface area contributed by atoms with Gasteiger partial charge in [-0.05, 0) is 17.7 Å². The molecule has 0 aliphatic carbocycles. The van der Waals surface area contributed by atoms with Crippen LogP contribution in [0.4, 0.5) is 0 Å². The summed E-state index contributed by atoms with van der Waals surface area (Å²) in [5.41, 5.74) is 0.257. The number of hydrogen-bond acceptors (Lipinski definition) is 4. The van der Waals surface area contributed by atoms with E-state index in [0.29, 0.717) is 0 Å². The van der Waals surface area contributed by atoms with Crippen molar-refractivity contribution in [3.63, 3.8) is 0 Å². The molecule has 1 aromatic rings. The highest BCUT2D eigenvalue weighted by atomic mass is 35.5.